The van der Waals surface area contributed by atoms with Crippen molar-refractivity contribution in [1.29, 1.82) is 0 Å². The van der Waals surface area contributed by atoms with Crippen molar-refractivity contribution in [2.45, 2.75) is 71.0 Å². The van der Waals surface area contributed by atoms with Crippen molar-refractivity contribution in [1.82, 2.24) is 15.3 Å². The second-order valence-electron chi connectivity index (χ2n) is 14.0. The van der Waals surface area contributed by atoms with Gasteiger partial charge in [0.25, 0.3) is 0 Å². The van der Waals surface area contributed by atoms with Crippen molar-refractivity contribution in [3.05, 3.63) is 94.8 Å². The number of nitrogens with zero attached hydrogens (tertiary/aromatic N) is 3. The van der Waals surface area contributed by atoms with E-state index in [1.54, 1.807) is 42.6 Å². The Morgan fingerprint density at radius 2 is 1.68 bits per heavy atom. The summed E-state index contributed by atoms with van der Waals surface area (Å²) in [7, 11) is 0. The number of hydrogen-bond acceptors (Lipinski definition) is 10. The predicted molar refractivity (Wildman–Crippen MR) is 189 cm³/mol. The van der Waals surface area contributed by atoms with Gasteiger partial charge in [0.2, 0.25) is 0 Å². The van der Waals surface area contributed by atoms with Crippen LogP contribution in [0.1, 0.15) is 78.1 Å². The van der Waals surface area contributed by atoms with E-state index in [1.807, 2.05) is 17.0 Å². The fraction of sp³-hybridized carbons (Fsp3) is 0.333. The molecule has 2 aromatic carbocycles. The fourth-order valence-electron chi connectivity index (χ4n) is 6.96. The van der Waals surface area contributed by atoms with Gasteiger partial charge in [-0.25, -0.2) is 14.4 Å². The van der Waals surface area contributed by atoms with Crippen molar-refractivity contribution in [2.24, 2.45) is 0 Å². The van der Waals surface area contributed by atoms with Crippen LogP contribution in [0.5, 0.6) is 23.0 Å². The highest BCUT2D eigenvalue weighted by atomic mass is 19.1. The molecule has 2 aliphatic rings. The summed E-state index contributed by atoms with van der Waals surface area (Å²) in [5.41, 5.74) is 3.25. The zero-order valence-corrected chi connectivity index (χ0v) is 28.6. The second-order valence-corrected chi connectivity index (χ2v) is 14.0. The van der Waals surface area contributed by atoms with Gasteiger partial charge in [-0.05, 0) is 82.5 Å². The van der Waals surface area contributed by atoms with E-state index in [9.17, 15) is 24.2 Å². The average molecular weight is 681 g/mol. The Balaban J connectivity index is 1.34. The molecule has 0 bridgehead atoms. The smallest absolute Gasteiger partial charge is 0.157 e. The van der Waals surface area contributed by atoms with E-state index >= 15 is 0 Å². The first kappa shape index (κ1) is 34.6. The molecule has 4 heterocycles. The van der Waals surface area contributed by atoms with Crippen LogP contribution < -0.4 is 19.7 Å². The maximum absolute atomic E-state index is 13.9. The van der Waals surface area contributed by atoms with Crippen LogP contribution in [0.25, 0.3) is 16.8 Å². The van der Waals surface area contributed by atoms with Gasteiger partial charge in [0.15, 0.2) is 12.6 Å². The summed E-state index contributed by atoms with van der Waals surface area (Å²) in [4.78, 5) is 35.4. The highest BCUT2D eigenvalue weighted by molar-refractivity contribution is 5.89. The van der Waals surface area contributed by atoms with E-state index in [1.165, 1.54) is 6.07 Å². The van der Waals surface area contributed by atoms with E-state index in [4.69, 9.17) is 14.5 Å². The number of aldehydes is 2. The lowest BCUT2D eigenvalue weighted by molar-refractivity contribution is 0.110. The maximum atomic E-state index is 13.9. The van der Waals surface area contributed by atoms with Crippen LogP contribution in [-0.2, 0) is 13.2 Å². The van der Waals surface area contributed by atoms with Crippen LogP contribution in [0.3, 0.4) is 0 Å². The molecular weight excluding hydrogens is 639 g/mol. The number of phenolic OH excluding ortho intramolecular Hbond substituents is 2. The Hall–Kier alpha value is -5.29. The first-order chi connectivity index (χ1) is 23.9. The van der Waals surface area contributed by atoms with Gasteiger partial charge in [0.1, 0.15) is 48.2 Å². The van der Waals surface area contributed by atoms with Crippen LogP contribution in [0.4, 0.5) is 10.2 Å². The number of pyridine rings is 2. The number of carbonyl (C=O) groups excluding carboxylic acids is 2. The Bertz CT molecular complexity index is 1960. The minimum absolute atomic E-state index is 0.0256. The molecule has 11 heteroatoms. The summed E-state index contributed by atoms with van der Waals surface area (Å²) in [5.74, 6) is 0.609. The zero-order valence-electron chi connectivity index (χ0n) is 28.6. The Labute approximate surface area is 290 Å². The normalized spacial score (nSPS) is 18.0. The first-order valence-corrected chi connectivity index (χ1v) is 16.6. The average Bonchev–Trinajstić information content (AvgIpc) is 3.51. The van der Waals surface area contributed by atoms with Gasteiger partial charge in [0, 0.05) is 40.5 Å². The Morgan fingerprint density at radius 1 is 0.940 bits per heavy atom. The van der Waals surface area contributed by atoms with Crippen LogP contribution in [0.2, 0.25) is 0 Å². The fourth-order valence-corrected chi connectivity index (χ4v) is 6.96. The molecule has 4 aromatic rings. The second kappa shape index (κ2) is 13.9. The van der Waals surface area contributed by atoms with E-state index in [0.29, 0.717) is 54.7 Å². The van der Waals surface area contributed by atoms with Gasteiger partial charge in [-0.15, -0.1) is 0 Å². The molecule has 1 fully saturated rings. The summed E-state index contributed by atoms with van der Waals surface area (Å²) in [6.45, 7) is 9.31. The number of halogens is 1. The largest absolute Gasteiger partial charge is 0.507 e. The number of benzene rings is 2. The molecule has 3 N–H and O–H groups in total. The zero-order chi connectivity index (χ0) is 35.6. The molecule has 1 atom stereocenters. The third-order valence-electron chi connectivity index (χ3n) is 8.91. The number of alkyl halides is 1. The lowest BCUT2D eigenvalue weighted by Gasteiger charge is -2.41. The molecule has 2 aliphatic heterocycles. The number of anilines is 1. The monoisotopic (exact) mass is 680 g/mol. The summed E-state index contributed by atoms with van der Waals surface area (Å²) >= 11 is 0. The SMILES string of the molecule is CC1(C)C=C(c2nc(-c3ccc(OCc4cccnc4N4CC[C@H](F)C4)c(C=O)c3O)ccc2COc2cccc(O)c2C=O)CC(C)(C)N1. The topological polar surface area (TPSA) is 134 Å². The van der Waals surface area contributed by atoms with Crippen LogP contribution in [0.15, 0.2) is 66.9 Å². The van der Waals surface area contributed by atoms with Gasteiger partial charge in [-0.2, -0.15) is 0 Å². The highest BCUT2D eigenvalue weighted by Crippen LogP contribution is 2.40. The number of aromatic hydroxyl groups is 2. The number of aromatic nitrogens is 2. The van der Waals surface area contributed by atoms with E-state index in [0.717, 1.165) is 16.7 Å². The van der Waals surface area contributed by atoms with Crippen molar-refractivity contribution in [3.63, 3.8) is 0 Å². The standard InChI is InChI=1S/C39H41FN4O6/c1-38(2)17-26(18-39(3,4)43-38)35-24(22-49-33-9-5-8-32(47)29(33)20-45)10-12-31(42-35)28-11-13-34(30(21-46)36(28)48)50-23-25-7-6-15-41-37(25)44-16-14-27(40)19-44/h5-13,15,17,20-21,27,43,47-48H,14,16,18-19,22-23H2,1-4H3/t27-/m0/s1. The minimum atomic E-state index is -0.912. The van der Waals surface area contributed by atoms with Gasteiger partial charge in [0.05, 0.1) is 29.1 Å². The summed E-state index contributed by atoms with van der Waals surface area (Å²) in [6.07, 6.45) is 5.04. The first-order valence-electron chi connectivity index (χ1n) is 16.6. The quantitative estimate of drug-likeness (QED) is 0.145. The summed E-state index contributed by atoms with van der Waals surface area (Å²) in [5, 5.41) is 25.2. The van der Waals surface area contributed by atoms with E-state index in [-0.39, 0.29) is 65.0 Å². The Kier molecular flexibility index (Phi) is 9.62. The van der Waals surface area contributed by atoms with Crippen molar-refractivity contribution >= 4 is 24.0 Å². The molecular formula is C39H41FN4O6. The number of carbonyl (C=O) groups is 2. The molecule has 2 aromatic heterocycles. The lowest BCUT2D eigenvalue weighted by Crippen LogP contribution is -2.53. The summed E-state index contributed by atoms with van der Waals surface area (Å²) in [6, 6.07) is 15.1. The van der Waals surface area contributed by atoms with Crippen molar-refractivity contribution in [2.75, 3.05) is 18.0 Å². The van der Waals surface area contributed by atoms with Gasteiger partial charge >= 0.3 is 0 Å². The number of hydrogen-bond donors (Lipinski definition) is 3. The number of rotatable bonds is 11. The van der Waals surface area contributed by atoms with Crippen molar-refractivity contribution < 1.29 is 33.7 Å². The predicted octanol–water partition coefficient (Wildman–Crippen LogP) is 6.82. The van der Waals surface area contributed by atoms with Gasteiger partial charge < -0.3 is 29.9 Å². The third kappa shape index (κ3) is 7.33. The van der Waals surface area contributed by atoms with E-state index < -0.39 is 6.17 Å². The molecule has 0 radical (unpaired) electrons. The maximum Gasteiger partial charge on any atom is 0.157 e. The van der Waals surface area contributed by atoms with Crippen LogP contribution in [0, 0.1) is 0 Å². The molecule has 0 amide bonds. The van der Waals surface area contributed by atoms with Gasteiger partial charge in [-0.3, -0.25) is 9.59 Å². The van der Waals surface area contributed by atoms with Crippen LogP contribution in [-0.4, -0.2) is 63.1 Å². The molecule has 0 aliphatic carbocycles. The number of phenols is 2. The van der Waals surface area contributed by atoms with E-state index in [2.05, 4.69) is 44.1 Å². The number of ether oxygens (including phenoxy) is 2. The Morgan fingerprint density at radius 3 is 2.38 bits per heavy atom. The van der Waals surface area contributed by atoms with Crippen LogP contribution >= 0.6 is 0 Å². The minimum Gasteiger partial charge on any atom is -0.507 e. The molecule has 0 spiro atoms. The lowest BCUT2D eigenvalue weighted by atomic mass is 9.81. The third-order valence-corrected chi connectivity index (χ3v) is 8.91. The molecule has 50 heavy (non-hydrogen) atoms. The molecule has 260 valence electrons. The van der Waals surface area contributed by atoms with Crippen molar-refractivity contribution in [3.8, 4) is 34.3 Å². The molecule has 10 nitrogen and oxygen atoms in total. The molecule has 6 rings (SSSR count). The summed E-state index contributed by atoms with van der Waals surface area (Å²) < 4.78 is 26.0. The molecule has 0 saturated carbocycles. The number of nitrogens with one attached hydrogen (secondary N) is 1. The van der Waals surface area contributed by atoms with Gasteiger partial charge in [-0.1, -0.05) is 24.3 Å². The highest BCUT2D eigenvalue weighted by Gasteiger charge is 2.34. The molecule has 1 saturated heterocycles. The molecule has 0 unspecified atom stereocenters.